The Labute approximate surface area is 198 Å². The van der Waals surface area contributed by atoms with E-state index >= 15 is 0 Å². The molecular weight excluding hydrogens is 390 g/mol. The van der Waals surface area contributed by atoms with Gasteiger partial charge in [-0.05, 0) is 94.8 Å². The third-order valence-electron chi connectivity index (χ3n) is 7.08. The molecule has 0 bridgehead atoms. The lowest BCUT2D eigenvalue weighted by molar-refractivity contribution is 0.187. The lowest BCUT2D eigenvalue weighted by Gasteiger charge is -2.35. The first kappa shape index (κ1) is 26.6. The molecule has 2 aromatic carbocycles. The van der Waals surface area contributed by atoms with Crippen LogP contribution in [0.4, 0.5) is 0 Å². The minimum atomic E-state index is 0.486. The third kappa shape index (κ3) is 8.03. The minimum Gasteiger partial charge on any atom is -0.320 e. The van der Waals surface area contributed by atoms with Crippen molar-refractivity contribution < 1.29 is 0 Å². The quantitative estimate of drug-likeness (QED) is 0.571. The van der Waals surface area contributed by atoms with Gasteiger partial charge in [-0.2, -0.15) is 0 Å². The van der Waals surface area contributed by atoms with E-state index in [0.29, 0.717) is 23.8 Å². The molecule has 0 spiro atoms. The molecule has 2 N–H and O–H groups in total. The molecule has 3 rings (SSSR count). The summed E-state index contributed by atoms with van der Waals surface area (Å²) in [6.45, 7) is 10.9. The van der Waals surface area contributed by atoms with E-state index in [0.717, 1.165) is 26.2 Å². The van der Waals surface area contributed by atoms with Gasteiger partial charge in [0.2, 0.25) is 0 Å². The van der Waals surface area contributed by atoms with Crippen LogP contribution >= 0.6 is 0 Å². The second-order valence-electron chi connectivity index (χ2n) is 9.07. The van der Waals surface area contributed by atoms with Crippen LogP contribution in [0.2, 0.25) is 0 Å². The predicted octanol–water partition coefficient (Wildman–Crippen LogP) is 6.10. The zero-order valence-corrected chi connectivity index (χ0v) is 21.2. The van der Waals surface area contributed by atoms with Gasteiger partial charge < -0.3 is 10.6 Å². The molecule has 2 aromatic rings. The van der Waals surface area contributed by atoms with Crippen LogP contribution < -0.4 is 10.6 Å². The Hall–Kier alpha value is -1.68. The van der Waals surface area contributed by atoms with Gasteiger partial charge in [-0.25, -0.2) is 0 Å². The van der Waals surface area contributed by atoms with E-state index in [1.54, 1.807) is 0 Å². The smallest absolute Gasteiger partial charge is 0.0357 e. The van der Waals surface area contributed by atoms with E-state index in [1.165, 1.54) is 36.8 Å². The first-order chi connectivity index (χ1) is 15.7. The van der Waals surface area contributed by atoms with E-state index in [-0.39, 0.29) is 0 Å². The molecule has 4 atom stereocenters. The van der Waals surface area contributed by atoms with Crippen molar-refractivity contribution in [2.24, 2.45) is 11.8 Å². The van der Waals surface area contributed by atoms with Gasteiger partial charge in [-0.3, -0.25) is 4.90 Å². The predicted molar refractivity (Wildman–Crippen MR) is 140 cm³/mol. The fourth-order valence-electron chi connectivity index (χ4n) is 5.24. The Kier molecular flexibility index (Phi) is 12.6. The maximum absolute atomic E-state index is 3.74. The maximum Gasteiger partial charge on any atom is 0.0357 e. The topological polar surface area (TPSA) is 27.3 Å². The maximum atomic E-state index is 3.74. The SMILES string of the molecule is CC.CNCCC(c1ccccc1)C1CCN(C)C(c2ccccc2)CCNCCC1C. The van der Waals surface area contributed by atoms with Crippen LogP contribution in [-0.4, -0.2) is 45.2 Å². The largest absolute Gasteiger partial charge is 0.320 e. The average Bonchev–Trinajstić information content (AvgIpc) is 2.88. The van der Waals surface area contributed by atoms with E-state index in [9.17, 15) is 0 Å². The van der Waals surface area contributed by atoms with Crippen molar-refractivity contribution in [2.75, 3.05) is 40.3 Å². The molecule has 1 aliphatic heterocycles. The Balaban J connectivity index is 0.00000176. The van der Waals surface area contributed by atoms with Crippen molar-refractivity contribution in [3.8, 4) is 0 Å². The van der Waals surface area contributed by atoms with E-state index in [1.807, 2.05) is 13.8 Å². The van der Waals surface area contributed by atoms with Gasteiger partial charge in [0, 0.05) is 6.04 Å². The highest BCUT2D eigenvalue weighted by atomic mass is 15.1. The van der Waals surface area contributed by atoms with Gasteiger partial charge in [0.25, 0.3) is 0 Å². The minimum absolute atomic E-state index is 0.486. The van der Waals surface area contributed by atoms with Crippen molar-refractivity contribution in [2.45, 2.75) is 58.4 Å². The summed E-state index contributed by atoms with van der Waals surface area (Å²) in [5.74, 6) is 2.01. The molecule has 1 aliphatic rings. The van der Waals surface area contributed by atoms with Gasteiger partial charge in [0.1, 0.15) is 0 Å². The van der Waals surface area contributed by atoms with Gasteiger partial charge >= 0.3 is 0 Å². The van der Waals surface area contributed by atoms with Crippen molar-refractivity contribution in [3.05, 3.63) is 71.8 Å². The number of benzene rings is 2. The Morgan fingerprint density at radius 1 is 0.938 bits per heavy atom. The van der Waals surface area contributed by atoms with Crippen molar-refractivity contribution in [3.63, 3.8) is 0 Å². The summed E-state index contributed by atoms with van der Waals surface area (Å²) in [4.78, 5) is 2.60. The van der Waals surface area contributed by atoms with Crippen LogP contribution in [0.1, 0.15) is 69.5 Å². The molecule has 3 nitrogen and oxygen atoms in total. The normalized spacial score (nSPS) is 24.0. The molecule has 32 heavy (non-hydrogen) atoms. The average molecular weight is 438 g/mol. The first-order valence-corrected chi connectivity index (χ1v) is 12.9. The number of nitrogens with one attached hydrogen (secondary N) is 2. The summed E-state index contributed by atoms with van der Waals surface area (Å²) in [6.07, 6.45) is 4.88. The second kappa shape index (κ2) is 15.2. The lowest BCUT2D eigenvalue weighted by Crippen LogP contribution is -2.31. The highest BCUT2D eigenvalue weighted by molar-refractivity contribution is 5.21. The molecule has 1 heterocycles. The van der Waals surface area contributed by atoms with Crippen LogP contribution in [0.5, 0.6) is 0 Å². The highest BCUT2D eigenvalue weighted by Gasteiger charge is 2.29. The summed E-state index contributed by atoms with van der Waals surface area (Å²) in [7, 11) is 4.40. The monoisotopic (exact) mass is 437 g/mol. The zero-order chi connectivity index (χ0) is 23.2. The molecule has 0 aromatic heterocycles. The fourth-order valence-corrected chi connectivity index (χ4v) is 5.24. The molecular formula is C29H47N3. The molecule has 0 radical (unpaired) electrons. The Bertz CT molecular complexity index is 703. The second-order valence-corrected chi connectivity index (χ2v) is 9.07. The standard InChI is InChI=1S/C27H41N3.C2H6/c1-22-14-19-29-20-16-27(24-12-8-5-9-13-24)30(3)21-17-25(22)26(15-18-28-2)23-10-6-4-7-11-23;1-2/h4-13,22,25-29H,14-21H2,1-3H3;1-2H3. The Morgan fingerprint density at radius 3 is 2.22 bits per heavy atom. The van der Waals surface area contributed by atoms with Gasteiger partial charge in [0.15, 0.2) is 0 Å². The fraction of sp³-hybridized carbons (Fsp3) is 0.586. The van der Waals surface area contributed by atoms with Crippen molar-refractivity contribution in [1.82, 2.24) is 15.5 Å². The van der Waals surface area contributed by atoms with Crippen LogP contribution in [0.3, 0.4) is 0 Å². The highest BCUT2D eigenvalue weighted by Crippen LogP contribution is 2.37. The van der Waals surface area contributed by atoms with Crippen LogP contribution in [0, 0.1) is 11.8 Å². The summed E-state index contributed by atoms with van der Waals surface area (Å²) in [5, 5.41) is 7.13. The van der Waals surface area contributed by atoms with Gasteiger partial charge in [-0.1, -0.05) is 81.4 Å². The number of rotatable bonds is 6. The molecule has 1 saturated heterocycles. The first-order valence-electron chi connectivity index (χ1n) is 12.9. The lowest BCUT2D eigenvalue weighted by atomic mass is 9.74. The van der Waals surface area contributed by atoms with Crippen LogP contribution in [0.25, 0.3) is 0 Å². The van der Waals surface area contributed by atoms with Gasteiger partial charge in [0.05, 0.1) is 0 Å². The molecule has 3 heteroatoms. The molecule has 4 unspecified atom stereocenters. The van der Waals surface area contributed by atoms with E-state index in [4.69, 9.17) is 0 Å². The summed E-state index contributed by atoms with van der Waals surface area (Å²) in [6, 6.07) is 22.8. The molecule has 0 saturated carbocycles. The summed E-state index contributed by atoms with van der Waals surface area (Å²) >= 11 is 0. The van der Waals surface area contributed by atoms with Crippen molar-refractivity contribution in [1.29, 1.82) is 0 Å². The Morgan fingerprint density at radius 2 is 1.56 bits per heavy atom. The summed E-state index contributed by atoms with van der Waals surface area (Å²) in [5.41, 5.74) is 2.95. The van der Waals surface area contributed by atoms with Crippen LogP contribution in [-0.2, 0) is 0 Å². The number of nitrogens with zero attached hydrogens (tertiary/aromatic N) is 1. The molecule has 0 aliphatic carbocycles. The van der Waals surface area contributed by atoms with Gasteiger partial charge in [-0.15, -0.1) is 0 Å². The summed E-state index contributed by atoms with van der Waals surface area (Å²) < 4.78 is 0. The van der Waals surface area contributed by atoms with E-state index < -0.39 is 0 Å². The molecule has 0 amide bonds. The molecule has 1 fully saturated rings. The number of hydrogen-bond donors (Lipinski definition) is 2. The zero-order valence-electron chi connectivity index (χ0n) is 21.2. The van der Waals surface area contributed by atoms with Crippen molar-refractivity contribution >= 4 is 0 Å². The number of hydrogen-bond acceptors (Lipinski definition) is 3. The third-order valence-corrected chi connectivity index (χ3v) is 7.08. The molecule has 178 valence electrons. The van der Waals surface area contributed by atoms with Crippen LogP contribution in [0.15, 0.2) is 60.7 Å². The van der Waals surface area contributed by atoms with E-state index in [2.05, 4.69) is 97.2 Å².